The molecule has 176 valence electrons. The van der Waals surface area contributed by atoms with Crippen LogP contribution in [0.25, 0.3) is 0 Å². The van der Waals surface area contributed by atoms with Crippen LogP contribution >= 0.6 is 24.0 Å². The number of halogens is 1. The molecule has 1 saturated heterocycles. The summed E-state index contributed by atoms with van der Waals surface area (Å²) in [6, 6.07) is 7.92. The van der Waals surface area contributed by atoms with Crippen molar-refractivity contribution < 1.29 is 14.3 Å². The van der Waals surface area contributed by atoms with Crippen LogP contribution in [-0.2, 0) is 4.79 Å². The molecule has 1 atom stereocenters. The first-order valence-corrected chi connectivity index (χ1v) is 10.8. The number of benzene rings is 1. The van der Waals surface area contributed by atoms with Crippen LogP contribution < -0.4 is 25.4 Å². The van der Waals surface area contributed by atoms with Crippen molar-refractivity contribution in [2.45, 2.75) is 45.3 Å². The molecule has 0 aromatic heterocycles. The summed E-state index contributed by atoms with van der Waals surface area (Å²) < 4.78 is 11.1. The molecule has 1 aliphatic rings. The number of likely N-dealkylation sites (tertiary alicyclic amines) is 1. The number of amides is 1. The number of hydrogen-bond acceptors (Lipinski definition) is 5. The monoisotopic (exact) mass is 547 g/mol. The number of carbonyl (C=O) groups is 1. The van der Waals surface area contributed by atoms with Gasteiger partial charge >= 0.3 is 0 Å². The Hall–Kier alpha value is -1.75. The van der Waals surface area contributed by atoms with E-state index in [0.29, 0.717) is 19.1 Å². The van der Waals surface area contributed by atoms with Crippen LogP contribution in [-0.4, -0.2) is 75.8 Å². The molecule has 31 heavy (non-hydrogen) atoms. The highest BCUT2D eigenvalue weighted by Gasteiger charge is 2.21. The number of piperidine rings is 1. The van der Waals surface area contributed by atoms with Crippen molar-refractivity contribution in [1.82, 2.24) is 20.9 Å². The smallest absolute Gasteiger partial charge is 0.234 e. The Balaban J connectivity index is 0.00000480. The Morgan fingerprint density at radius 2 is 1.84 bits per heavy atom. The summed E-state index contributed by atoms with van der Waals surface area (Å²) >= 11 is 0. The van der Waals surface area contributed by atoms with Crippen LogP contribution in [0.5, 0.6) is 11.5 Å². The first-order valence-electron chi connectivity index (χ1n) is 10.8. The fourth-order valence-electron chi connectivity index (χ4n) is 3.32. The SMILES string of the molecule is CCCNC(=O)CN1CCC(NC(=NC)NCC(C)Oc2ccc(OC)cc2)CC1.I. The fraction of sp³-hybridized carbons (Fsp3) is 0.636. The van der Waals surface area contributed by atoms with Gasteiger partial charge in [0.05, 0.1) is 20.2 Å². The van der Waals surface area contributed by atoms with Crippen LogP contribution in [0.4, 0.5) is 0 Å². The Morgan fingerprint density at radius 3 is 2.42 bits per heavy atom. The summed E-state index contributed by atoms with van der Waals surface area (Å²) in [5.41, 5.74) is 0. The molecule has 3 N–H and O–H groups in total. The Kier molecular flexibility index (Phi) is 13.3. The molecular formula is C22H38IN5O3. The Bertz CT molecular complexity index is 664. The third-order valence-corrected chi connectivity index (χ3v) is 5.05. The third-order valence-electron chi connectivity index (χ3n) is 5.05. The zero-order valence-corrected chi connectivity index (χ0v) is 21.5. The van der Waals surface area contributed by atoms with E-state index in [1.54, 1.807) is 14.2 Å². The van der Waals surface area contributed by atoms with E-state index in [1.165, 1.54) is 0 Å². The van der Waals surface area contributed by atoms with Crippen molar-refractivity contribution in [3.8, 4) is 11.5 Å². The quantitative estimate of drug-likeness (QED) is 0.237. The van der Waals surface area contributed by atoms with Gasteiger partial charge in [0.1, 0.15) is 17.6 Å². The lowest BCUT2D eigenvalue weighted by Crippen LogP contribution is -2.51. The number of ether oxygens (including phenoxy) is 2. The van der Waals surface area contributed by atoms with Gasteiger partial charge in [0.15, 0.2) is 5.96 Å². The molecule has 0 bridgehead atoms. The van der Waals surface area contributed by atoms with E-state index < -0.39 is 0 Å². The van der Waals surface area contributed by atoms with Gasteiger partial charge in [-0.25, -0.2) is 0 Å². The number of nitrogens with one attached hydrogen (secondary N) is 3. The van der Waals surface area contributed by atoms with Crippen LogP contribution in [0.2, 0.25) is 0 Å². The van der Waals surface area contributed by atoms with Crippen molar-refractivity contribution in [3.05, 3.63) is 24.3 Å². The maximum atomic E-state index is 11.9. The maximum Gasteiger partial charge on any atom is 0.234 e. The summed E-state index contributed by atoms with van der Waals surface area (Å²) in [6.45, 7) is 7.77. The molecule has 1 aromatic rings. The summed E-state index contributed by atoms with van der Waals surface area (Å²) in [4.78, 5) is 18.4. The topological polar surface area (TPSA) is 87.2 Å². The summed E-state index contributed by atoms with van der Waals surface area (Å²) in [6.07, 6.45) is 2.92. The molecule has 0 spiro atoms. The predicted molar refractivity (Wildman–Crippen MR) is 136 cm³/mol. The van der Waals surface area contributed by atoms with Gasteiger partial charge in [-0.1, -0.05) is 6.92 Å². The van der Waals surface area contributed by atoms with Gasteiger partial charge in [0.25, 0.3) is 0 Å². The highest BCUT2D eigenvalue weighted by molar-refractivity contribution is 14.0. The first-order chi connectivity index (χ1) is 14.5. The summed E-state index contributed by atoms with van der Waals surface area (Å²) in [5.74, 6) is 2.51. The number of nitrogens with zero attached hydrogens (tertiary/aromatic N) is 2. The summed E-state index contributed by atoms with van der Waals surface area (Å²) in [7, 11) is 3.42. The van der Waals surface area contributed by atoms with E-state index in [9.17, 15) is 4.79 Å². The average Bonchev–Trinajstić information content (AvgIpc) is 2.76. The highest BCUT2D eigenvalue weighted by atomic mass is 127. The van der Waals surface area contributed by atoms with Gasteiger partial charge in [-0.05, 0) is 50.5 Å². The van der Waals surface area contributed by atoms with Gasteiger partial charge in [0.2, 0.25) is 5.91 Å². The van der Waals surface area contributed by atoms with E-state index in [1.807, 2.05) is 31.2 Å². The molecule has 1 amide bonds. The Labute approximate surface area is 203 Å². The van der Waals surface area contributed by atoms with Crippen molar-refractivity contribution >= 4 is 35.8 Å². The van der Waals surface area contributed by atoms with Gasteiger partial charge in [-0.3, -0.25) is 14.7 Å². The lowest BCUT2D eigenvalue weighted by Gasteiger charge is -2.32. The first kappa shape index (κ1) is 27.3. The minimum absolute atomic E-state index is 0. The number of rotatable bonds is 10. The maximum absolute atomic E-state index is 11.9. The van der Waals surface area contributed by atoms with Crippen LogP contribution in [0.3, 0.4) is 0 Å². The molecule has 0 radical (unpaired) electrons. The van der Waals surface area contributed by atoms with Crippen molar-refractivity contribution in [1.29, 1.82) is 0 Å². The number of guanidine groups is 1. The molecular weight excluding hydrogens is 509 g/mol. The third kappa shape index (κ3) is 10.4. The van der Waals surface area contributed by atoms with E-state index >= 15 is 0 Å². The Morgan fingerprint density at radius 1 is 1.19 bits per heavy atom. The molecule has 2 rings (SSSR count). The number of hydrogen-bond donors (Lipinski definition) is 3. The second-order valence-electron chi connectivity index (χ2n) is 7.60. The number of aliphatic imine (C=N–C) groups is 1. The van der Waals surface area contributed by atoms with Crippen molar-refractivity contribution in [3.63, 3.8) is 0 Å². The predicted octanol–water partition coefficient (Wildman–Crippen LogP) is 2.24. The largest absolute Gasteiger partial charge is 0.497 e. The number of methoxy groups -OCH3 is 1. The normalized spacial score (nSPS) is 16.1. The molecule has 1 heterocycles. The minimum atomic E-state index is -0.0135. The van der Waals surface area contributed by atoms with Crippen molar-refractivity contribution in [2.24, 2.45) is 4.99 Å². The molecule has 1 fully saturated rings. The van der Waals surface area contributed by atoms with E-state index in [0.717, 1.165) is 56.4 Å². The highest BCUT2D eigenvalue weighted by Crippen LogP contribution is 2.18. The molecule has 1 aromatic carbocycles. The molecule has 1 unspecified atom stereocenters. The van der Waals surface area contributed by atoms with Crippen LogP contribution in [0.1, 0.15) is 33.1 Å². The zero-order chi connectivity index (χ0) is 21.8. The van der Waals surface area contributed by atoms with Crippen LogP contribution in [0.15, 0.2) is 29.3 Å². The van der Waals surface area contributed by atoms with Crippen LogP contribution in [0, 0.1) is 0 Å². The minimum Gasteiger partial charge on any atom is -0.497 e. The van der Waals surface area contributed by atoms with E-state index in [2.05, 4.69) is 32.8 Å². The molecule has 0 saturated carbocycles. The van der Waals surface area contributed by atoms with Gasteiger partial charge in [-0.2, -0.15) is 0 Å². The van der Waals surface area contributed by atoms with Gasteiger partial charge in [-0.15, -0.1) is 24.0 Å². The molecule has 0 aliphatic carbocycles. The van der Waals surface area contributed by atoms with E-state index in [4.69, 9.17) is 9.47 Å². The molecule has 8 nitrogen and oxygen atoms in total. The lowest BCUT2D eigenvalue weighted by atomic mass is 10.1. The van der Waals surface area contributed by atoms with Gasteiger partial charge in [0, 0.05) is 32.7 Å². The molecule has 1 aliphatic heterocycles. The zero-order valence-electron chi connectivity index (χ0n) is 19.1. The fourth-order valence-corrected chi connectivity index (χ4v) is 3.32. The second-order valence-corrected chi connectivity index (χ2v) is 7.60. The summed E-state index contributed by atoms with van der Waals surface area (Å²) in [5, 5.41) is 9.76. The van der Waals surface area contributed by atoms with E-state index in [-0.39, 0.29) is 36.0 Å². The molecule has 9 heteroatoms. The van der Waals surface area contributed by atoms with Gasteiger partial charge < -0.3 is 25.4 Å². The standard InChI is InChI=1S/C22H37N5O3.HI/c1-5-12-24-21(28)16-27-13-10-18(11-14-27)26-22(23-3)25-15-17(2)30-20-8-6-19(29-4)7-9-20;/h6-9,17-18H,5,10-16H2,1-4H3,(H,24,28)(H2,23,25,26);1H. The second kappa shape index (κ2) is 15.1. The lowest BCUT2D eigenvalue weighted by molar-refractivity contribution is -0.122. The van der Waals surface area contributed by atoms with Crippen molar-refractivity contribution in [2.75, 3.05) is 46.9 Å². The number of carbonyl (C=O) groups excluding carboxylic acids is 1. The average molecular weight is 547 g/mol.